The van der Waals surface area contributed by atoms with Crippen LogP contribution in [-0.2, 0) is 11.2 Å². The topological polar surface area (TPSA) is 53.6 Å². The monoisotopic (exact) mass is 459 g/mol. The molecule has 3 rings (SSSR count). The van der Waals surface area contributed by atoms with Crippen LogP contribution in [0.5, 0.6) is 0 Å². The van der Waals surface area contributed by atoms with Crippen LogP contribution < -0.4 is 10.6 Å². The number of carbonyl (C=O) groups is 1. The van der Waals surface area contributed by atoms with Crippen molar-refractivity contribution >= 4 is 39.3 Å². The van der Waals surface area contributed by atoms with E-state index < -0.39 is 30.9 Å². The fourth-order valence-corrected chi connectivity index (χ4v) is 4.85. The summed E-state index contributed by atoms with van der Waals surface area (Å²) >= 11 is 1.22. The molecule has 170 valence electrons. The molecule has 10 heteroatoms. The first-order valence-corrected chi connectivity index (χ1v) is 10.7. The highest BCUT2D eigenvalue weighted by atomic mass is 32.1. The lowest BCUT2D eigenvalue weighted by atomic mass is 10.0. The first-order chi connectivity index (χ1) is 14.7. The molecular weight excluding hydrogens is 434 g/mol. The average molecular weight is 460 g/mol. The van der Waals surface area contributed by atoms with Crippen molar-refractivity contribution in [2.24, 2.45) is 0 Å². The zero-order valence-electron chi connectivity index (χ0n) is 17.3. The molecule has 1 aromatic heterocycles. The Bertz CT molecular complexity index is 945. The Morgan fingerprint density at radius 1 is 1.39 bits per heavy atom. The van der Waals surface area contributed by atoms with E-state index in [2.05, 4.69) is 15.4 Å². The number of hydrogen-bond acceptors (Lipinski definition) is 5. The van der Waals surface area contributed by atoms with Crippen LogP contribution in [0.1, 0.15) is 16.9 Å². The van der Waals surface area contributed by atoms with Gasteiger partial charge in [-0.05, 0) is 36.6 Å². The van der Waals surface area contributed by atoms with Crippen LogP contribution in [0.4, 0.5) is 28.0 Å². The molecule has 2 atom stereocenters. The number of hydrogen-bond donors (Lipinski definition) is 2. The van der Waals surface area contributed by atoms with Crippen molar-refractivity contribution in [3.8, 4) is 0 Å². The Kier molecular flexibility index (Phi) is 7.42. The van der Waals surface area contributed by atoms with Crippen molar-refractivity contribution < 1.29 is 27.1 Å². The zero-order chi connectivity index (χ0) is 22.6. The standard InChI is InChI=1S/C21H25F4N3O2S/c1-28-10-8-16(15(22)12-28)27-17-6-3-5-13-14(11-21(23,24)25)18(31-19(13)17)7-4-9-26-20(29)30-2/h3-7,15-16,27H,8-12H2,1-2H3,(H,26,29)/b7-4+/t15-,16+/m0/s1. The number of halogens is 4. The molecule has 31 heavy (non-hydrogen) atoms. The van der Waals surface area contributed by atoms with Crippen molar-refractivity contribution in [3.05, 3.63) is 34.7 Å². The van der Waals surface area contributed by atoms with Gasteiger partial charge in [-0.3, -0.25) is 0 Å². The van der Waals surface area contributed by atoms with Crippen molar-refractivity contribution in [3.63, 3.8) is 0 Å². The van der Waals surface area contributed by atoms with Gasteiger partial charge < -0.3 is 20.3 Å². The number of carbonyl (C=O) groups excluding carboxylic acids is 1. The summed E-state index contributed by atoms with van der Waals surface area (Å²) in [5.41, 5.74) is 0.807. The van der Waals surface area contributed by atoms with Crippen molar-refractivity contribution in [1.29, 1.82) is 0 Å². The molecular formula is C21H25F4N3O2S. The first-order valence-electron chi connectivity index (χ1n) is 9.86. The Hall–Kier alpha value is -2.33. The van der Waals surface area contributed by atoms with E-state index in [4.69, 9.17) is 0 Å². The van der Waals surface area contributed by atoms with Crippen molar-refractivity contribution in [1.82, 2.24) is 10.2 Å². The largest absolute Gasteiger partial charge is 0.453 e. The number of thiophene rings is 1. The van der Waals surface area contributed by atoms with Gasteiger partial charge in [0.05, 0.1) is 30.0 Å². The fourth-order valence-electron chi connectivity index (χ4n) is 3.62. The van der Waals surface area contributed by atoms with Crippen LogP contribution >= 0.6 is 11.3 Å². The van der Waals surface area contributed by atoms with Crippen molar-refractivity contribution in [2.75, 3.05) is 39.1 Å². The minimum absolute atomic E-state index is 0.122. The first kappa shape index (κ1) is 23.3. The number of benzene rings is 1. The second-order valence-electron chi connectivity index (χ2n) is 7.51. The summed E-state index contributed by atoms with van der Waals surface area (Å²) in [5, 5.41) is 6.17. The van der Waals surface area contributed by atoms with Gasteiger partial charge in [-0.1, -0.05) is 18.2 Å². The smallest absolute Gasteiger partial charge is 0.407 e. The van der Waals surface area contributed by atoms with E-state index in [1.54, 1.807) is 30.4 Å². The average Bonchev–Trinajstić information content (AvgIpc) is 3.04. The van der Waals surface area contributed by atoms with Gasteiger partial charge in [0.1, 0.15) is 6.17 Å². The minimum atomic E-state index is -4.37. The number of anilines is 1. The van der Waals surface area contributed by atoms with E-state index in [-0.39, 0.29) is 12.1 Å². The van der Waals surface area contributed by atoms with Gasteiger partial charge in [-0.15, -0.1) is 11.3 Å². The lowest BCUT2D eigenvalue weighted by Gasteiger charge is -2.33. The number of nitrogens with zero attached hydrogens (tertiary/aromatic N) is 1. The van der Waals surface area contributed by atoms with E-state index in [1.165, 1.54) is 18.4 Å². The highest BCUT2D eigenvalue weighted by Crippen LogP contribution is 2.40. The molecule has 1 aliphatic rings. The summed E-state index contributed by atoms with van der Waals surface area (Å²) in [6, 6.07) is 4.72. The molecule has 2 heterocycles. The predicted molar refractivity (Wildman–Crippen MR) is 115 cm³/mol. The van der Waals surface area contributed by atoms with Crippen LogP contribution in [0.3, 0.4) is 0 Å². The third-order valence-electron chi connectivity index (χ3n) is 5.13. The van der Waals surface area contributed by atoms with Gasteiger partial charge >= 0.3 is 12.3 Å². The maximum Gasteiger partial charge on any atom is 0.407 e. The molecule has 0 bridgehead atoms. The summed E-state index contributed by atoms with van der Waals surface area (Å²) < 4.78 is 59.4. The number of amides is 1. The molecule has 0 saturated carbocycles. The van der Waals surface area contributed by atoms with Crippen LogP contribution in [0.15, 0.2) is 24.3 Å². The van der Waals surface area contributed by atoms with Crippen LogP contribution in [0.2, 0.25) is 0 Å². The van der Waals surface area contributed by atoms with Gasteiger partial charge in [0.25, 0.3) is 0 Å². The third-order valence-corrected chi connectivity index (χ3v) is 6.38. The number of nitrogens with one attached hydrogen (secondary N) is 2. The van der Waals surface area contributed by atoms with Gasteiger partial charge in [-0.2, -0.15) is 13.2 Å². The van der Waals surface area contributed by atoms with Gasteiger partial charge in [0.15, 0.2) is 0 Å². The summed E-state index contributed by atoms with van der Waals surface area (Å²) in [4.78, 5) is 13.5. The molecule has 0 radical (unpaired) electrons. The second-order valence-corrected chi connectivity index (χ2v) is 8.56. The van der Waals surface area contributed by atoms with Gasteiger partial charge in [0.2, 0.25) is 0 Å². The summed E-state index contributed by atoms with van der Waals surface area (Å²) in [6.45, 7) is 1.19. The molecule has 0 aliphatic carbocycles. The number of fused-ring (bicyclic) bond motifs is 1. The van der Waals surface area contributed by atoms with Crippen molar-refractivity contribution in [2.45, 2.75) is 31.2 Å². The summed E-state index contributed by atoms with van der Waals surface area (Å²) in [6.07, 6.45) is -3.37. The fraction of sp³-hybridized carbons (Fsp3) is 0.476. The normalized spacial score (nSPS) is 20.3. The highest BCUT2D eigenvalue weighted by molar-refractivity contribution is 7.20. The number of alkyl carbamates (subject to hydrolysis) is 1. The van der Waals surface area contributed by atoms with Crippen LogP contribution in [-0.4, -0.2) is 63.2 Å². The molecule has 1 amide bonds. The maximum absolute atomic E-state index is 14.5. The highest BCUT2D eigenvalue weighted by Gasteiger charge is 2.32. The Morgan fingerprint density at radius 3 is 2.84 bits per heavy atom. The maximum atomic E-state index is 14.5. The number of rotatable bonds is 6. The summed E-state index contributed by atoms with van der Waals surface area (Å²) in [7, 11) is 3.09. The molecule has 1 aliphatic heterocycles. The molecule has 0 unspecified atom stereocenters. The SMILES string of the molecule is COC(=O)NC/C=C/c1sc2c(N[C@@H]3CCN(C)C[C@@H]3F)cccc2c1CC(F)(F)F. The number of methoxy groups -OCH3 is 1. The molecule has 1 fully saturated rings. The molecule has 2 N–H and O–H groups in total. The Balaban J connectivity index is 1.91. The zero-order valence-corrected chi connectivity index (χ0v) is 18.1. The number of alkyl halides is 4. The molecule has 1 aromatic carbocycles. The Morgan fingerprint density at radius 2 is 2.16 bits per heavy atom. The number of ether oxygens (including phenoxy) is 1. The molecule has 5 nitrogen and oxygen atoms in total. The van der Waals surface area contributed by atoms with Crippen LogP contribution in [0.25, 0.3) is 16.2 Å². The minimum Gasteiger partial charge on any atom is -0.453 e. The Labute approximate surface area is 182 Å². The van der Waals surface area contributed by atoms with E-state index >= 15 is 0 Å². The van der Waals surface area contributed by atoms with E-state index in [0.717, 1.165) is 6.54 Å². The second kappa shape index (κ2) is 9.86. The lowest BCUT2D eigenvalue weighted by molar-refractivity contribution is -0.126. The number of likely N-dealkylation sites (tertiary alicyclic amines) is 1. The molecule has 0 spiro atoms. The predicted octanol–water partition coefficient (Wildman–Crippen LogP) is 4.83. The number of piperidine rings is 1. The molecule has 2 aromatic rings. The summed E-state index contributed by atoms with van der Waals surface area (Å²) in [5.74, 6) is 0. The molecule has 1 saturated heterocycles. The van der Waals surface area contributed by atoms with E-state index in [0.29, 0.717) is 33.6 Å². The van der Waals surface area contributed by atoms with Gasteiger partial charge in [0, 0.05) is 24.5 Å². The lowest BCUT2D eigenvalue weighted by Crippen LogP contribution is -2.46. The van der Waals surface area contributed by atoms with E-state index in [1.807, 2.05) is 11.9 Å². The third kappa shape index (κ3) is 6.10. The quantitative estimate of drug-likeness (QED) is 0.608. The van der Waals surface area contributed by atoms with E-state index in [9.17, 15) is 22.4 Å². The van der Waals surface area contributed by atoms with Crippen LogP contribution in [0, 0.1) is 0 Å². The van der Waals surface area contributed by atoms with Gasteiger partial charge in [-0.25, -0.2) is 9.18 Å².